The Morgan fingerprint density at radius 3 is 2.88 bits per heavy atom. The van der Waals surface area contributed by atoms with Gasteiger partial charge in [-0.3, -0.25) is 0 Å². The molecule has 0 radical (unpaired) electrons. The zero-order valence-electron chi connectivity index (χ0n) is 10.4. The van der Waals surface area contributed by atoms with Gasteiger partial charge in [0.25, 0.3) is 0 Å². The molecule has 1 aromatic heterocycles. The molecule has 0 atom stereocenters. The summed E-state index contributed by atoms with van der Waals surface area (Å²) in [7, 11) is 0. The summed E-state index contributed by atoms with van der Waals surface area (Å²) >= 11 is 0. The maximum absolute atomic E-state index is 5.37. The molecular weight excluding hydrogens is 212 g/mol. The van der Waals surface area contributed by atoms with E-state index in [2.05, 4.69) is 36.5 Å². The highest BCUT2D eigenvalue weighted by molar-refractivity contribution is 5.61. The first kappa shape index (κ1) is 11.9. The molecule has 0 saturated carbocycles. The van der Waals surface area contributed by atoms with Crippen LogP contribution in [0.15, 0.2) is 34.9 Å². The SMILES string of the molecule is CCCNCc1cc(-c2ccccc2C)on1. The van der Waals surface area contributed by atoms with Gasteiger partial charge in [-0.15, -0.1) is 0 Å². The lowest BCUT2D eigenvalue weighted by atomic mass is 10.1. The fourth-order valence-electron chi connectivity index (χ4n) is 1.76. The highest BCUT2D eigenvalue weighted by Crippen LogP contribution is 2.23. The third kappa shape index (κ3) is 2.94. The molecule has 0 fully saturated rings. The minimum atomic E-state index is 0.767. The Balaban J connectivity index is 2.10. The third-order valence-corrected chi connectivity index (χ3v) is 2.70. The molecule has 0 amide bonds. The number of rotatable bonds is 5. The summed E-state index contributed by atoms with van der Waals surface area (Å²) in [4.78, 5) is 0. The molecule has 1 N–H and O–H groups in total. The number of aryl methyl sites for hydroxylation is 1. The topological polar surface area (TPSA) is 38.1 Å². The van der Waals surface area contributed by atoms with Crippen LogP contribution in [0.2, 0.25) is 0 Å². The van der Waals surface area contributed by atoms with E-state index in [1.807, 2.05) is 18.2 Å². The van der Waals surface area contributed by atoms with Crippen molar-refractivity contribution in [2.24, 2.45) is 0 Å². The van der Waals surface area contributed by atoms with Crippen molar-refractivity contribution in [2.75, 3.05) is 6.54 Å². The lowest BCUT2D eigenvalue weighted by Gasteiger charge is -1.99. The normalized spacial score (nSPS) is 10.7. The van der Waals surface area contributed by atoms with Crippen LogP contribution in [-0.4, -0.2) is 11.7 Å². The number of hydrogen-bond acceptors (Lipinski definition) is 3. The number of aromatic nitrogens is 1. The van der Waals surface area contributed by atoms with E-state index >= 15 is 0 Å². The highest BCUT2D eigenvalue weighted by atomic mass is 16.5. The number of benzene rings is 1. The first-order valence-corrected chi connectivity index (χ1v) is 6.03. The summed E-state index contributed by atoms with van der Waals surface area (Å²) in [5.41, 5.74) is 3.27. The van der Waals surface area contributed by atoms with E-state index < -0.39 is 0 Å². The molecule has 0 unspecified atom stereocenters. The monoisotopic (exact) mass is 230 g/mol. The lowest BCUT2D eigenvalue weighted by Crippen LogP contribution is -2.13. The zero-order chi connectivity index (χ0) is 12.1. The van der Waals surface area contributed by atoms with Gasteiger partial charge in [-0.2, -0.15) is 0 Å². The fourth-order valence-corrected chi connectivity index (χ4v) is 1.76. The van der Waals surface area contributed by atoms with Crippen LogP contribution in [0.4, 0.5) is 0 Å². The second-order valence-corrected chi connectivity index (χ2v) is 4.17. The van der Waals surface area contributed by atoms with Crippen LogP contribution in [0.1, 0.15) is 24.6 Å². The van der Waals surface area contributed by atoms with Crippen LogP contribution in [-0.2, 0) is 6.54 Å². The van der Waals surface area contributed by atoms with Crippen molar-refractivity contribution in [3.63, 3.8) is 0 Å². The first-order chi connectivity index (χ1) is 8.31. The van der Waals surface area contributed by atoms with Gasteiger partial charge < -0.3 is 9.84 Å². The van der Waals surface area contributed by atoms with Crippen molar-refractivity contribution in [1.29, 1.82) is 0 Å². The van der Waals surface area contributed by atoms with Gasteiger partial charge in [-0.25, -0.2) is 0 Å². The molecule has 1 heterocycles. The Morgan fingerprint density at radius 1 is 1.29 bits per heavy atom. The van der Waals surface area contributed by atoms with Crippen LogP contribution in [0, 0.1) is 6.92 Å². The number of nitrogens with zero attached hydrogens (tertiary/aromatic N) is 1. The maximum atomic E-state index is 5.37. The summed E-state index contributed by atoms with van der Waals surface area (Å²) in [6.45, 7) is 6.00. The van der Waals surface area contributed by atoms with Crippen LogP contribution < -0.4 is 5.32 Å². The predicted molar refractivity (Wildman–Crippen MR) is 68.7 cm³/mol. The molecule has 90 valence electrons. The average molecular weight is 230 g/mol. The van der Waals surface area contributed by atoms with E-state index in [1.54, 1.807) is 0 Å². The van der Waals surface area contributed by atoms with Gasteiger partial charge >= 0.3 is 0 Å². The van der Waals surface area contributed by atoms with E-state index in [9.17, 15) is 0 Å². The molecule has 3 heteroatoms. The van der Waals surface area contributed by atoms with Gasteiger partial charge in [-0.05, 0) is 25.5 Å². The second kappa shape index (κ2) is 5.64. The van der Waals surface area contributed by atoms with Crippen molar-refractivity contribution in [2.45, 2.75) is 26.8 Å². The fraction of sp³-hybridized carbons (Fsp3) is 0.357. The molecule has 17 heavy (non-hydrogen) atoms. The summed E-state index contributed by atoms with van der Waals surface area (Å²) in [5, 5.41) is 7.38. The lowest BCUT2D eigenvalue weighted by molar-refractivity contribution is 0.420. The molecular formula is C14H18N2O. The van der Waals surface area contributed by atoms with Gasteiger partial charge in [0.2, 0.25) is 0 Å². The summed E-state index contributed by atoms with van der Waals surface area (Å²) in [6, 6.07) is 10.2. The average Bonchev–Trinajstić information content (AvgIpc) is 2.79. The second-order valence-electron chi connectivity index (χ2n) is 4.17. The molecule has 1 aromatic carbocycles. The van der Waals surface area contributed by atoms with E-state index in [0.717, 1.165) is 36.5 Å². The van der Waals surface area contributed by atoms with E-state index in [-0.39, 0.29) is 0 Å². The van der Waals surface area contributed by atoms with Gasteiger partial charge in [0.05, 0.1) is 5.69 Å². The van der Waals surface area contributed by atoms with E-state index in [1.165, 1.54) is 5.56 Å². The molecule has 0 spiro atoms. The summed E-state index contributed by atoms with van der Waals surface area (Å²) in [6.07, 6.45) is 1.13. The molecule has 3 nitrogen and oxygen atoms in total. The molecule has 0 bridgehead atoms. The summed E-state index contributed by atoms with van der Waals surface area (Å²) in [5.74, 6) is 0.844. The van der Waals surface area contributed by atoms with Gasteiger partial charge in [0.1, 0.15) is 0 Å². The quantitative estimate of drug-likeness (QED) is 0.802. The minimum absolute atomic E-state index is 0.767. The largest absolute Gasteiger partial charge is 0.356 e. The zero-order valence-corrected chi connectivity index (χ0v) is 10.4. The van der Waals surface area contributed by atoms with Crippen molar-refractivity contribution >= 4 is 0 Å². The minimum Gasteiger partial charge on any atom is -0.356 e. The first-order valence-electron chi connectivity index (χ1n) is 6.03. The smallest absolute Gasteiger partial charge is 0.167 e. The van der Waals surface area contributed by atoms with Gasteiger partial charge in [0.15, 0.2) is 5.76 Å². The van der Waals surface area contributed by atoms with Crippen molar-refractivity contribution < 1.29 is 4.52 Å². The van der Waals surface area contributed by atoms with Gasteiger partial charge in [-0.1, -0.05) is 36.3 Å². The van der Waals surface area contributed by atoms with Crippen LogP contribution in [0.5, 0.6) is 0 Å². The molecule has 0 saturated heterocycles. The van der Waals surface area contributed by atoms with Gasteiger partial charge in [0, 0.05) is 18.2 Å². The highest BCUT2D eigenvalue weighted by Gasteiger charge is 2.07. The Bertz CT molecular complexity index is 477. The Labute approximate surface area is 102 Å². The van der Waals surface area contributed by atoms with Crippen LogP contribution >= 0.6 is 0 Å². The molecule has 2 aromatic rings. The third-order valence-electron chi connectivity index (χ3n) is 2.70. The van der Waals surface area contributed by atoms with Crippen molar-refractivity contribution in [3.05, 3.63) is 41.6 Å². The Morgan fingerprint density at radius 2 is 2.12 bits per heavy atom. The molecule has 0 aliphatic carbocycles. The Kier molecular flexibility index (Phi) is 3.94. The Hall–Kier alpha value is -1.61. The van der Waals surface area contributed by atoms with Crippen LogP contribution in [0.3, 0.4) is 0 Å². The predicted octanol–water partition coefficient (Wildman–Crippen LogP) is 3.15. The van der Waals surface area contributed by atoms with Crippen LogP contribution in [0.25, 0.3) is 11.3 Å². The van der Waals surface area contributed by atoms with E-state index in [4.69, 9.17) is 4.52 Å². The van der Waals surface area contributed by atoms with Crippen molar-refractivity contribution in [3.8, 4) is 11.3 Å². The molecule has 0 aliphatic heterocycles. The van der Waals surface area contributed by atoms with E-state index in [0.29, 0.717) is 0 Å². The number of hydrogen-bond donors (Lipinski definition) is 1. The molecule has 0 aliphatic rings. The standard InChI is InChI=1S/C14H18N2O/c1-3-8-15-10-12-9-14(17-16-12)13-7-5-4-6-11(13)2/h4-7,9,15H,3,8,10H2,1-2H3. The summed E-state index contributed by atoms with van der Waals surface area (Å²) < 4.78 is 5.37. The van der Waals surface area contributed by atoms with Crippen molar-refractivity contribution in [1.82, 2.24) is 10.5 Å². The number of nitrogens with one attached hydrogen (secondary N) is 1. The maximum Gasteiger partial charge on any atom is 0.167 e. The molecule has 2 rings (SSSR count).